The molecule has 0 saturated carbocycles. The van der Waals surface area contributed by atoms with E-state index in [4.69, 9.17) is 10.2 Å². The van der Waals surface area contributed by atoms with Crippen molar-refractivity contribution in [2.45, 2.75) is 6.54 Å². The highest BCUT2D eigenvalue weighted by Gasteiger charge is 2.10. The van der Waals surface area contributed by atoms with Crippen LogP contribution in [0.15, 0.2) is 39.8 Å². The van der Waals surface area contributed by atoms with Crippen molar-refractivity contribution < 1.29 is 4.42 Å². The lowest BCUT2D eigenvalue weighted by atomic mass is 10.3. The first kappa shape index (κ1) is 10.6. The van der Waals surface area contributed by atoms with Crippen LogP contribution in [-0.4, -0.2) is 14.3 Å². The monoisotopic (exact) mass is 244 g/mol. The van der Waals surface area contributed by atoms with E-state index in [0.29, 0.717) is 17.8 Å². The van der Waals surface area contributed by atoms with E-state index in [2.05, 4.69) is 5.10 Å². The van der Waals surface area contributed by atoms with Crippen LogP contribution >= 0.6 is 0 Å². The predicted octanol–water partition coefficient (Wildman–Crippen LogP) is 0.959. The van der Waals surface area contributed by atoms with E-state index in [9.17, 15) is 4.79 Å². The minimum Gasteiger partial charge on any atom is -0.408 e. The Bertz CT molecular complexity index is 766. The number of rotatable bonds is 2. The fourth-order valence-electron chi connectivity index (χ4n) is 1.97. The summed E-state index contributed by atoms with van der Waals surface area (Å²) in [7, 11) is 1.83. The summed E-state index contributed by atoms with van der Waals surface area (Å²) in [6.45, 7) is 0.434. The minimum absolute atomic E-state index is 0.389. The zero-order valence-electron chi connectivity index (χ0n) is 9.83. The van der Waals surface area contributed by atoms with E-state index >= 15 is 0 Å². The number of hydrogen-bond donors (Lipinski definition) is 1. The Morgan fingerprint density at radius 2 is 2.28 bits per heavy atom. The Hall–Kier alpha value is -2.50. The Kier molecular flexibility index (Phi) is 2.22. The first-order valence-corrected chi connectivity index (χ1v) is 5.50. The third kappa shape index (κ3) is 1.67. The maximum absolute atomic E-state index is 11.8. The van der Waals surface area contributed by atoms with E-state index in [1.807, 2.05) is 13.2 Å². The molecule has 3 aromatic rings. The number of hydrogen-bond acceptors (Lipinski definition) is 4. The first-order valence-electron chi connectivity index (χ1n) is 5.50. The fraction of sp³-hybridized carbons (Fsp3) is 0.167. The van der Waals surface area contributed by atoms with Gasteiger partial charge in [-0.1, -0.05) is 0 Å². The number of nitrogens with two attached hydrogens (primary N) is 1. The maximum Gasteiger partial charge on any atom is 0.420 e. The molecule has 6 heteroatoms. The third-order valence-electron chi connectivity index (χ3n) is 2.79. The number of nitrogen functional groups attached to an aromatic ring is 1. The summed E-state index contributed by atoms with van der Waals surface area (Å²) in [5.41, 5.74) is 8.41. The number of fused-ring (bicyclic) bond motifs is 1. The second-order valence-corrected chi connectivity index (χ2v) is 4.20. The van der Waals surface area contributed by atoms with Gasteiger partial charge in [0.25, 0.3) is 0 Å². The standard InChI is InChI=1S/C12H12N4O2/c1-15-6-8(5-14-15)7-16-10-3-2-9(13)4-11(10)18-12(16)17/h2-6H,7,13H2,1H3. The van der Waals surface area contributed by atoms with Gasteiger partial charge in [-0.15, -0.1) is 0 Å². The van der Waals surface area contributed by atoms with Crippen LogP contribution in [0.3, 0.4) is 0 Å². The molecule has 2 aromatic heterocycles. The average molecular weight is 244 g/mol. The molecule has 0 spiro atoms. The molecule has 92 valence electrons. The van der Waals surface area contributed by atoms with Gasteiger partial charge in [-0.25, -0.2) is 4.79 Å². The van der Waals surface area contributed by atoms with Crippen molar-refractivity contribution in [3.8, 4) is 0 Å². The molecule has 0 atom stereocenters. The van der Waals surface area contributed by atoms with E-state index in [1.54, 1.807) is 33.6 Å². The molecule has 6 nitrogen and oxygen atoms in total. The predicted molar refractivity (Wildman–Crippen MR) is 67.2 cm³/mol. The van der Waals surface area contributed by atoms with Gasteiger partial charge in [0.1, 0.15) is 0 Å². The van der Waals surface area contributed by atoms with Crippen molar-refractivity contribution in [2.24, 2.45) is 7.05 Å². The second kappa shape index (κ2) is 3.76. The SMILES string of the molecule is Cn1cc(Cn2c(=O)oc3cc(N)ccc32)cn1. The lowest BCUT2D eigenvalue weighted by Crippen LogP contribution is -2.14. The third-order valence-corrected chi connectivity index (χ3v) is 2.79. The van der Waals surface area contributed by atoms with E-state index in [0.717, 1.165) is 11.1 Å². The molecule has 0 bridgehead atoms. The molecule has 3 rings (SSSR count). The smallest absolute Gasteiger partial charge is 0.408 e. The number of oxazole rings is 1. The Balaban J connectivity index is 2.11. The molecule has 0 unspecified atom stereocenters. The van der Waals surface area contributed by atoms with Crippen LogP contribution in [0.1, 0.15) is 5.56 Å². The molecule has 0 aliphatic carbocycles. The van der Waals surface area contributed by atoms with Crippen molar-refractivity contribution in [1.82, 2.24) is 14.3 Å². The second-order valence-electron chi connectivity index (χ2n) is 4.20. The number of benzene rings is 1. The zero-order chi connectivity index (χ0) is 12.7. The lowest BCUT2D eigenvalue weighted by Gasteiger charge is -1.99. The summed E-state index contributed by atoms with van der Waals surface area (Å²) >= 11 is 0. The van der Waals surface area contributed by atoms with Crippen LogP contribution in [-0.2, 0) is 13.6 Å². The van der Waals surface area contributed by atoms with E-state index < -0.39 is 0 Å². The zero-order valence-corrected chi connectivity index (χ0v) is 9.83. The molecule has 0 saturated heterocycles. The molecule has 0 radical (unpaired) electrons. The van der Waals surface area contributed by atoms with Crippen molar-refractivity contribution in [2.75, 3.05) is 5.73 Å². The van der Waals surface area contributed by atoms with Crippen LogP contribution < -0.4 is 11.5 Å². The fourth-order valence-corrected chi connectivity index (χ4v) is 1.97. The summed E-state index contributed by atoms with van der Waals surface area (Å²) < 4.78 is 8.42. The van der Waals surface area contributed by atoms with Crippen molar-refractivity contribution in [3.05, 3.63) is 46.7 Å². The van der Waals surface area contributed by atoms with Gasteiger partial charge in [0, 0.05) is 30.6 Å². The highest BCUT2D eigenvalue weighted by atomic mass is 16.4. The highest BCUT2D eigenvalue weighted by Crippen LogP contribution is 2.17. The van der Waals surface area contributed by atoms with Crippen molar-refractivity contribution in [3.63, 3.8) is 0 Å². The van der Waals surface area contributed by atoms with E-state index in [1.165, 1.54) is 0 Å². The molecule has 0 amide bonds. The topological polar surface area (TPSA) is 79.0 Å². The normalized spacial score (nSPS) is 11.2. The Morgan fingerprint density at radius 1 is 1.44 bits per heavy atom. The molecule has 2 N–H and O–H groups in total. The van der Waals surface area contributed by atoms with Crippen LogP contribution in [0.25, 0.3) is 11.1 Å². The molecular formula is C12H12N4O2. The molecule has 2 heterocycles. The molecule has 0 aliphatic rings. The molecule has 1 aromatic carbocycles. The summed E-state index contributed by atoms with van der Waals surface area (Å²) in [4.78, 5) is 11.8. The van der Waals surface area contributed by atoms with Crippen LogP contribution in [0.2, 0.25) is 0 Å². The molecular weight excluding hydrogens is 232 g/mol. The number of aromatic nitrogens is 3. The molecule has 0 fully saturated rings. The number of nitrogens with zero attached hydrogens (tertiary/aromatic N) is 3. The first-order chi connectivity index (χ1) is 8.63. The Labute approximate surface area is 102 Å². The molecule has 0 aliphatic heterocycles. The number of anilines is 1. The largest absolute Gasteiger partial charge is 0.420 e. The summed E-state index contributed by atoms with van der Waals surface area (Å²) in [5.74, 6) is -0.389. The average Bonchev–Trinajstić information content (AvgIpc) is 2.84. The van der Waals surface area contributed by atoms with Crippen molar-refractivity contribution >= 4 is 16.8 Å². The van der Waals surface area contributed by atoms with E-state index in [-0.39, 0.29) is 5.76 Å². The lowest BCUT2D eigenvalue weighted by molar-refractivity contribution is 0.518. The minimum atomic E-state index is -0.389. The summed E-state index contributed by atoms with van der Waals surface area (Å²) in [5, 5.41) is 4.07. The van der Waals surface area contributed by atoms with Gasteiger partial charge >= 0.3 is 5.76 Å². The van der Waals surface area contributed by atoms with Crippen LogP contribution in [0.5, 0.6) is 0 Å². The molecule has 18 heavy (non-hydrogen) atoms. The van der Waals surface area contributed by atoms with Crippen LogP contribution in [0.4, 0.5) is 5.69 Å². The summed E-state index contributed by atoms with van der Waals surface area (Å²) in [6, 6.07) is 5.18. The van der Waals surface area contributed by atoms with Crippen molar-refractivity contribution in [1.29, 1.82) is 0 Å². The van der Waals surface area contributed by atoms with Gasteiger partial charge < -0.3 is 10.2 Å². The van der Waals surface area contributed by atoms with Gasteiger partial charge in [0.15, 0.2) is 5.58 Å². The highest BCUT2D eigenvalue weighted by molar-refractivity contribution is 5.76. The van der Waals surface area contributed by atoms with Gasteiger partial charge in [-0.2, -0.15) is 5.10 Å². The van der Waals surface area contributed by atoms with Gasteiger partial charge in [-0.3, -0.25) is 9.25 Å². The number of aryl methyl sites for hydroxylation is 1. The van der Waals surface area contributed by atoms with Gasteiger partial charge in [-0.05, 0) is 12.1 Å². The maximum atomic E-state index is 11.8. The van der Waals surface area contributed by atoms with Crippen LogP contribution in [0, 0.1) is 0 Å². The van der Waals surface area contributed by atoms with Gasteiger partial charge in [0.2, 0.25) is 0 Å². The summed E-state index contributed by atoms with van der Waals surface area (Å²) in [6.07, 6.45) is 3.59. The quantitative estimate of drug-likeness (QED) is 0.681. The van der Waals surface area contributed by atoms with Gasteiger partial charge in [0.05, 0.1) is 18.3 Å². The Morgan fingerprint density at radius 3 is 3.00 bits per heavy atom.